The van der Waals surface area contributed by atoms with Crippen LogP contribution in [0.1, 0.15) is 10.4 Å². The van der Waals surface area contributed by atoms with Gasteiger partial charge in [-0.15, -0.1) is 0 Å². The van der Waals surface area contributed by atoms with Crippen molar-refractivity contribution in [3.8, 4) is 0 Å². The maximum absolute atomic E-state index is 13.7. The average Bonchev–Trinajstić information content (AvgIpc) is 2.65. The Morgan fingerprint density at radius 1 is 0.893 bits per heavy atom. The van der Waals surface area contributed by atoms with Gasteiger partial charge in [-0.1, -0.05) is 17.7 Å². The summed E-state index contributed by atoms with van der Waals surface area (Å²) < 4.78 is 54.4. The van der Waals surface area contributed by atoms with Crippen molar-refractivity contribution in [3.05, 3.63) is 89.0 Å². The number of halogens is 3. The average molecular weight is 423 g/mol. The summed E-state index contributed by atoms with van der Waals surface area (Å²) in [6.45, 7) is 0. The highest BCUT2D eigenvalue weighted by molar-refractivity contribution is 7.92. The Bertz CT molecular complexity index is 1140. The summed E-state index contributed by atoms with van der Waals surface area (Å²) in [5.41, 5.74) is -0.0825. The molecule has 144 valence electrons. The van der Waals surface area contributed by atoms with Gasteiger partial charge in [0.05, 0.1) is 10.5 Å². The van der Waals surface area contributed by atoms with Gasteiger partial charge < -0.3 is 5.32 Å². The first-order chi connectivity index (χ1) is 13.2. The normalized spacial score (nSPS) is 11.1. The minimum atomic E-state index is -3.94. The molecular weight excluding hydrogens is 410 g/mol. The number of hydrogen-bond acceptors (Lipinski definition) is 3. The predicted molar refractivity (Wildman–Crippen MR) is 103 cm³/mol. The first-order valence-electron chi connectivity index (χ1n) is 7.89. The van der Waals surface area contributed by atoms with E-state index in [1.165, 1.54) is 48.5 Å². The van der Waals surface area contributed by atoms with E-state index < -0.39 is 33.1 Å². The van der Waals surface area contributed by atoms with Gasteiger partial charge >= 0.3 is 0 Å². The summed E-state index contributed by atoms with van der Waals surface area (Å²) in [7, 11) is -3.94. The van der Waals surface area contributed by atoms with E-state index in [0.29, 0.717) is 10.7 Å². The fourth-order valence-electron chi connectivity index (χ4n) is 2.34. The summed E-state index contributed by atoms with van der Waals surface area (Å²) in [5, 5.41) is 2.81. The summed E-state index contributed by atoms with van der Waals surface area (Å²) in [6.07, 6.45) is 0. The Balaban J connectivity index is 1.82. The standard InChI is InChI=1S/C19H13ClF2N2O3S/c20-12-4-7-14(8-5-12)24-28(26,27)16-3-1-2-15(11-16)23-19(25)17-10-13(21)6-9-18(17)22/h1-11,24H,(H,23,25). The maximum Gasteiger partial charge on any atom is 0.261 e. The SMILES string of the molecule is O=C(Nc1cccc(S(=O)(=O)Nc2ccc(Cl)cc2)c1)c1cc(F)ccc1F. The number of carbonyl (C=O) groups is 1. The molecule has 0 saturated heterocycles. The molecule has 9 heteroatoms. The van der Waals surface area contributed by atoms with Gasteiger partial charge in [-0.25, -0.2) is 17.2 Å². The molecule has 28 heavy (non-hydrogen) atoms. The smallest absolute Gasteiger partial charge is 0.261 e. The van der Waals surface area contributed by atoms with Crippen LogP contribution < -0.4 is 10.0 Å². The lowest BCUT2D eigenvalue weighted by Gasteiger charge is -2.11. The van der Waals surface area contributed by atoms with Crippen molar-refractivity contribution in [2.24, 2.45) is 0 Å². The molecule has 0 fully saturated rings. The van der Waals surface area contributed by atoms with E-state index in [1.54, 1.807) is 0 Å². The van der Waals surface area contributed by atoms with Gasteiger partial charge in [0.2, 0.25) is 0 Å². The van der Waals surface area contributed by atoms with E-state index in [4.69, 9.17) is 11.6 Å². The number of benzene rings is 3. The Hall–Kier alpha value is -2.97. The highest BCUT2D eigenvalue weighted by Crippen LogP contribution is 2.21. The van der Waals surface area contributed by atoms with Gasteiger partial charge in [0, 0.05) is 16.4 Å². The maximum atomic E-state index is 13.7. The molecule has 3 rings (SSSR count). The van der Waals surface area contributed by atoms with Crippen LogP contribution in [0.2, 0.25) is 5.02 Å². The van der Waals surface area contributed by atoms with Crippen molar-refractivity contribution in [1.29, 1.82) is 0 Å². The summed E-state index contributed by atoms with van der Waals surface area (Å²) in [5.74, 6) is -2.57. The van der Waals surface area contributed by atoms with Gasteiger partial charge in [-0.05, 0) is 60.7 Å². The minimum Gasteiger partial charge on any atom is -0.322 e. The van der Waals surface area contributed by atoms with Crippen LogP contribution in [0.25, 0.3) is 0 Å². The van der Waals surface area contributed by atoms with Crippen molar-refractivity contribution in [1.82, 2.24) is 0 Å². The van der Waals surface area contributed by atoms with Crippen molar-refractivity contribution >= 4 is 38.9 Å². The van der Waals surface area contributed by atoms with Crippen LogP contribution in [0, 0.1) is 11.6 Å². The van der Waals surface area contributed by atoms with E-state index in [9.17, 15) is 22.0 Å². The summed E-state index contributed by atoms with van der Waals surface area (Å²) >= 11 is 5.77. The molecule has 0 aliphatic carbocycles. The number of nitrogens with one attached hydrogen (secondary N) is 2. The number of sulfonamides is 1. The second-order valence-electron chi connectivity index (χ2n) is 5.72. The number of anilines is 2. The molecule has 2 N–H and O–H groups in total. The molecule has 1 amide bonds. The van der Waals surface area contributed by atoms with Gasteiger partial charge in [0.15, 0.2) is 0 Å². The Morgan fingerprint density at radius 2 is 1.61 bits per heavy atom. The topological polar surface area (TPSA) is 75.3 Å². The Kier molecular flexibility index (Phi) is 5.62. The number of rotatable bonds is 5. The van der Waals surface area contributed by atoms with Crippen LogP contribution >= 0.6 is 11.6 Å². The van der Waals surface area contributed by atoms with Crippen molar-refractivity contribution in [2.75, 3.05) is 10.0 Å². The summed E-state index contributed by atoms with van der Waals surface area (Å²) in [6, 6.07) is 13.9. The Morgan fingerprint density at radius 3 is 2.32 bits per heavy atom. The first kappa shape index (κ1) is 19.8. The molecule has 3 aromatic rings. The third kappa shape index (κ3) is 4.65. The highest BCUT2D eigenvalue weighted by Gasteiger charge is 2.17. The zero-order valence-corrected chi connectivity index (χ0v) is 15.7. The highest BCUT2D eigenvalue weighted by atomic mass is 35.5. The van der Waals surface area contributed by atoms with Gasteiger partial charge in [0.1, 0.15) is 11.6 Å². The summed E-state index contributed by atoms with van der Waals surface area (Å²) in [4.78, 5) is 12.1. The molecule has 0 aliphatic heterocycles. The fourth-order valence-corrected chi connectivity index (χ4v) is 3.57. The van der Waals surface area contributed by atoms with Gasteiger partial charge in [0.25, 0.3) is 15.9 Å². The van der Waals surface area contributed by atoms with E-state index in [2.05, 4.69) is 10.0 Å². The predicted octanol–water partition coefficient (Wildman–Crippen LogP) is 4.67. The van der Waals surface area contributed by atoms with E-state index in [-0.39, 0.29) is 10.6 Å². The number of hydrogen-bond donors (Lipinski definition) is 2. The molecular formula is C19H13ClF2N2O3S. The largest absolute Gasteiger partial charge is 0.322 e. The first-order valence-corrected chi connectivity index (χ1v) is 9.75. The molecule has 0 radical (unpaired) electrons. The minimum absolute atomic E-state index is 0.104. The van der Waals surface area contributed by atoms with Crippen LogP contribution in [0.5, 0.6) is 0 Å². The molecule has 0 heterocycles. The molecule has 0 saturated carbocycles. The molecule has 0 aliphatic rings. The van der Waals surface area contributed by atoms with Crippen LogP contribution in [-0.4, -0.2) is 14.3 Å². The van der Waals surface area contributed by atoms with Gasteiger partial charge in [-0.2, -0.15) is 0 Å². The lowest BCUT2D eigenvalue weighted by molar-refractivity contribution is 0.102. The molecule has 0 spiro atoms. The number of amides is 1. The molecule has 0 aromatic heterocycles. The van der Waals surface area contributed by atoms with Crippen LogP contribution in [0.4, 0.5) is 20.2 Å². The molecule has 0 atom stereocenters. The van der Waals surface area contributed by atoms with E-state index >= 15 is 0 Å². The van der Waals surface area contributed by atoms with E-state index in [1.807, 2.05) is 0 Å². The lowest BCUT2D eigenvalue weighted by atomic mass is 10.2. The fraction of sp³-hybridized carbons (Fsp3) is 0. The molecule has 0 unspecified atom stereocenters. The third-order valence-corrected chi connectivity index (χ3v) is 5.30. The Labute approximate surface area is 165 Å². The monoisotopic (exact) mass is 422 g/mol. The second-order valence-corrected chi connectivity index (χ2v) is 7.84. The lowest BCUT2D eigenvalue weighted by Crippen LogP contribution is -2.16. The van der Waals surface area contributed by atoms with E-state index in [0.717, 1.165) is 18.2 Å². The van der Waals surface area contributed by atoms with Crippen LogP contribution in [-0.2, 0) is 10.0 Å². The molecule has 5 nitrogen and oxygen atoms in total. The zero-order chi connectivity index (χ0) is 20.3. The van der Waals surface area contributed by atoms with Crippen LogP contribution in [0.15, 0.2) is 71.6 Å². The van der Waals surface area contributed by atoms with Crippen molar-refractivity contribution < 1.29 is 22.0 Å². The third-order valence-electron chi connectivity index (χ3n) is 3.67. The van der Waals surface area contributed by atoms with Crippen molar-refractivity contribution in [3.63, 3.8) is 0 Å². The quantitative estimate of drug-likeness (QED) is 0.627. The zero-order valence-electron chi connectivity index (χ0n) is 14.1. The van der Waals surface area contributed by atoms with Crippen molar-refractivity contribution in [2.45, 2.75) is 4.90 Å². The van der Waals surface area contributed by atoms with Crippen LogP contribution in [0.3, 0.4) is 0 Å². The molecule has 0 bridgehead atoms. The molecule has 3 aromatic carbocycles. The second kappa shape index (κ2) is 7.95. The van der Waals surface area contributed by atoms with Gasteiger partial charge in [-0.3, -0.25) is 9.52 Å². The number of carbonyl (C=O) groups excluding carboxylic acids is 1.